The standard InChI is InChI=1S/C19H20N2O2/c1-3-23-19(22)11-7-15-6-10-18(20)17(13-15)9-8-16-5-4-12-21-14(16)2/h4-6,10,12-13H,3,7,11,20H2,1-2H3. The van der Waals surface area contributed by atoms with Crippen LogP contribution in [0.25, 0.3) is 0 Å². The fourth-order valence-electron chi connectivity index (χ4n) is 2.10. The number of esters is 1. The summed E-state index contributed by atoms with van der Waals surface area (Å²) in [5, 5.41) is 0. The van der Waals surface area contributed by atoms with Gasteiger partial charge in [0.15, 0.2) is 0 Å². The number of anilines is 1. The quantitative estimate of drug-likeness (QED) is 0.536. The van der Waals surface area contributed by atoms with Crippen LogP contribution in [0, 0.1) is 18.8 Å². The van der Waals surface area contributed by atoms with Crippen molar-refractivity contribution in [3.8, 4) is 11.8 Å². The second kappa shape index (κ2) is 8.00. The van der Waals surface area contributed by atoms with Crippen molar-refractivity contribution in [3.63, 3.8) is 0 Å². The molecule has 4 nitrogen and oxygen atoms in total. The highest BCUT2D eigenvalue weighted by molar-refractivity contribution is 5.70. The Morgan fingerprint density at radius 2 is 2.04 bits per heavy atom. The molecule has 0 fully saturated rings. The van der Waals surface area contributed by atoms with E-state index in [1.165, 1.54) is 0 Å². The minimum atomic E-state index is -0.192. The normalized spacial score (nSPS) is 9.83. The monoisotopic (exact) mass is 308 g/mol. The van der Waals surface area contributed by atoms with Crippen LogP contribution in [0.5, 0.6) is 0 Å². The average Bonchev–Trinajstić information content (AvgIpc) is 2.54. The molecule has 1 heterocycles. The fraction of sp³-hybridized carbons (Fsp3) is 0.263. The summed E-state index contributed by atoms with van der Waals surface area (Å²) in [5.74, 6) is 6.00. The van der Waals surface area contributed by atoms with E-state index in [0.717, 1.165) is 22.4 Å². The number of nitrogen functional groups attached to an aromatic ring is 1. The maximum atomic E-state index is 11.4. The second-order valence-corrected chi connectivity index (χ2v) is 5.11. The summed E-state index contributed by atoms with van der Waals surface area (Å²) in [6.07, 6.45) is 2.71. The highest BCUT2D eigenvalue weighted by Gasteiger charge is 2.04. The van der Waals surface area contributed by atoms with Gasteiger partial charge in [0, 0.05) is 29.4 Å². The van der Waals surface area contributed by atoms with E-state index in [-0.39, 0.29) is 5.97 Å². The van der Waals surface area contributed by atoms with Crippen LogP contribution in [-0.2, 0) is 16.0 Å². The lowest BCUT2D eigenvalue weighted by Gasteiger charge is -2.05. The molecule has 1 aromatic heterocycles. The molecule has 23 heavy (non-hydrogen) atoms. The summed E-state index contributed by atoms with van der Waals surface area (Å²) in [4.78, 5) is 15.6. The Labute approximate surface area is 136 Å². The molecule has 0 unspecified atom stereocenters. The van der Waals surface area contributed by atoms with Crippen molar-refractivity contribution < 1.29 is 9.53 Å². The number of hydrogen-bond acceptors (Lipinski definition) is 4. The van der Waals surface area contributed by atoms with E-state index >= 15 is 0 Å². The van der Waals surface area contributed by atoms with E-state index in [1.54, 1.807) is 13.1 Å². The number of pyridine rings is 1. The molecule has 0 radical (unpaired) electrons. The van der Waals surface area contributed by atoms with Gasteiger partial charge in [-0.1, -0.05) is 17.9 Å². The van der Waals surface area contributed by atoms with Crippen LogP contribution in [0.15, 0.2) is 36.5 Å². The van der Waals surface area contributed by atoms with Crippen molar-refractivity contribution in [1.82, 2.24) is 4.98 Å². The highest BCUT2D eigenvalue weighted by Crippen LogP contribution is 2.15. The molecule has 0 aliphatic rings. The third kappa shape index (κ3) is 4.86. The fourth-order valence-corrected chi connectivity index (χ4v) is 2.10. The van der Waals surface area contributed by atoms with E-state index in [4.69, 9.17) is 10.5 Å². The minimum Gasteiger partial charge on any atom is -0.466 e. The number of carbonyl (C=O) groups is 1. The molecule has 1 aromatic carbocycles. The molecule has 2 rings (SSSR count). The van der Waals surface area contributed by atoms with Gasteiger partial charge in [0.25, 0.3) is 0 Å². The number of carbonyl (C=O) groups excluding carboxylic acids is 1. The molecule has 0 saturated heterocycles. The van der Waals surface area contributed by atoms with Crippen LogP contribution in [0.4, 0.5) is 5.69 Å². The van der Waals surface area contributed by atoms with Crippen LogP contribution < -0.4 is 5.73 Å². The zero-order valence-electron chi connectivity index (χ0n) is 13.4. The van der Waals surface area contributed by atoms with Crippen molar-refractivity contribution in [3.05, 3.63) is 58.9 Å². The van der Waals surface area contributed by atoms with Gasteiger partial charge in [0.2, 0.25) is 0 Å². The van der Waals surface area contributed by atoms with Gasteiger partial charge >= 0.3 is 5.97 Å². The van der Waals surface area contributed by atoms with Gasteiger partial charge in [-0.3, -0.25) is 9.78 Å². The number of nitrogens with zero attached hydrogens (tertiary/aromatic N) is 1. The molecule has 0 aliphatic carbocycles. The molecule has 0 atom stereocenters. The molecule has 118 valence electrons. The van der Waals surface area contributed by atoms with Gasteiger partial charge < -0.3 is 10.5 Å². The Balaban J connectivity index is 2.15. The molecule has 2 aromatic rings. The number of nitrogens with two attached hydrogens (primary N) is 1. The van der Waals surface area contributed by atoms with Gasteiger partial charge in [0.1, 0.15) is 0 Å². The smallest absolute Gasteiger partial charge is 0.306 e. The Kier molecular flexibility index (Phi) is 5.76. The second-order valence-electron chi connectivity index (χ2n) is 5.11. The topological polar surface area (TPSA) is 65.2 Å². The predicted octanol–water partition coefficient (Wildman–Crippen LogP) is 2.87. The van der Waals surface area contributed by atoms with Crippen LogP contribution in [-0.4, -0.2) is 17.6 Å². The van der Waals surface area contributed by atoms with Crippen LogP contribution >= 0.6 is 0 Å². The van der Waals surface area contributed by atoms with Gasteiger partial charge in [-0.05, 0) is 50.1 Å². The van der Waals surface area contributed by atoms with Crippen molar-refractivity contribution >= 4 is 11.7 Å². The summed E-state index contributed by atoms with van der Waals surface area (Å²) in [5.41, 5.74) is 10.1. The van der Waals surface area contributed by atoms with E-state index in [2.05, 4.69) is 16.8 Å². The molecule has 0 saturated carbocycles. The number of aromatic nitrogens is 1. The molecule has 4 heteroatoms. The number of aryl methyl sites for hydroxylation is 2. The highest BCUT2D eigenvalue weighted by atomic mass is 16.5. The lowest BCUT2D eigenvalue weighted by molar-refractivity contribution is -0.143. The van der Waals surface area contributed by atoms with Crippen molar-refractivity contribution in [2.45, 2.75) is 26.7 Å². The maximum Gasteiger partial charge on any atom is 0.306 e. The average molecular weight is 308 g/mol. The summed E-state index contributed by atoms with van der Waals surface area (Å²) in [6.45, 7) is 4.13. The molecular formula is C19H20N2O2. The first-order valence-corrected chi connectivity index (χ1v) is 7.57. The van der Waals surface area contributed by atoms with Crippen molar-refractivity contribution in [2.75, 3.05) is 12.3 Å². The third-order valence-electron chi connectivity index (χ3n) is 3.38. The zero-order chi connectivity index (χ0) is 16.7. The van der Waals surface area contributed by atoms with Crippen LogP contribution in [0.2, 0.25) is 0 Å². The first-order chi connectivity index (χ1) is 11.1. The van der Waals surface area contributed by atoms with Gasteiger partial charge in [0.05, 0.1) is 12.3 Å². The van der Waals surface area contributed by atoms with E-state index in [9.17, 15) is 4.79 Å². The Morgan fingerprint density at radius 1 is 1.26 bits per heavy atom. The number of benzene rings is 1. The first kappa shape index (κ1) is 16.6. The lowest BCUT2D eigenvalue weighted by atomic mass is 10.0. The lowest BCUT2D eigenvalue weighted by Crippen LogP contribution is -2.05. The third-order valence-corrected chi connectivity index (χ3v) is 3.38. The summed E-state index contributed by atoms with van der Waals surface area (Å²) in [6, 6.07) is 9.44. The summed E-state index contributed by atoms with van der Waals surface area (Å²) in [7, 11) is 0. The SMILES string of the molecule is CCOC(=O)CCc1ccc(N)c(C#Cc2cccnc2C)c1. The zero-order valence-corrected chi connectivity index (χ0v) is 13.4. The predicted molar refractivity (Wildman–Crippen MR) is 90.8 cm³/mol. The minimum absolute atomic E-state index is 0.192. The Morgan fingerprint density at radius 3 is 2.78 bits per heavy atom. The molecule has 0 bridgehead atoms. The number of ether oxygens (including phenoxy) is 1. The maximum absolute atomic E-state index is 11.4. The summed E-state index contributed by atoms with van der Waals surface area (Å²) >= 11 is 0. The number of hydrogen-bond donors (Lipinski definition) is 1. The first-order valence-electron chi connectivity index (χ1n) is 7.57. The van der Waals surface area contributed by atoms with Crippen molar-refractivity contribution in [1.29, 1.82) is 0 Å². The number of rotatable bonds is 4. The van der Waals surface area contributed by atoms with Gasteiger partial charge in [-0.15, -0.1) is 0 Å². The molecule has 2 N–H and O–H groups in total. The molecular weight excluding hydrogens is 288 g/mol. The van der Waals surface area contributed by atoms with E-state index in [1.807, 2.05) is 37.3 Å². The van der Waals surface area contributed by atoms with E-state index in [0.29, 0.717) is 25.1 Å². The Bertz CT molecular complexity index is 757. The van der Waals surface area contributed by atoms with Gasteiger partial charge in [-0.25, -0.2) is 0 Å². The largest absolute Gasteiger partial charge is 0.466 e. The molecule has 0 amide bonds. The Hall–Kier alpha value is -2.80. The van der Waals surface area contributed by atoms with Crippen molar-refractivity contribution in [2.24, 2.45) is 0 Å². The molecule has 0 aliphatic heterocycles. The van der Waals surface area contributed by atoms with Crippen LogP contribution in [0.1, 0.15) is 35.7 Å². The van der Waals surface area contributed by atoms with E-state index < -0.39 is 0 Å². The van der Waals surface area contributed by atoms with Crippen LogP contribution in [0.3, 0.4) is 0 Å². The van der Waals surface area contributed by atoms with Gasteiger partial charge in [-0.2, -0.15) is 0 Å². The molecule has 0 spiro atoms. The summed E-state index contributed by atoms with van der Waals surface area (Å²) < 4.78 is 4.94.